The first-order chi connectivity index (χ1) is 6.65. The first-order valence-electron chi connectivity index (χ1n) is 4.86. The van der Waals surface area contributed by atoms with Gasteiger partial charge in [0, 0.05) is 17.2 Å². The van der Waals surface area contributed by atoms with E-state index in [4.69, 9.17) is 0 Å². The highest BCUT2D eigenvalue weighted by atomic mass is 79.9. The molecule has 0 aliphatic heterocycles. The molecule has 0 amide bonds. The third-order valence-electron chi connectivity index (χ3n) is 1.99. The molecule has 4 heteroatoms. The average Bonchev–Trinajstić information content (AvgIpc) is 2.82. The van der Waals surface area contributed by atoms with Crippen molar-refractivity contribution in [3.63, 3.8) is 0 Å². The molecule has 76 valence electrons. The summed E-state index contributed by atoms with van der Waals surface area (Å²) in [5, 5.41) is 1.66. The minimum atomic E-state index is 0.573. The molecule has 0 radical (unpaired) electrons. The van der Waals surface area contributed by atoms with Gasteiger partial charge in [0.25, 0.3) is 0 Å². The lowest BCUT2D eigenvalue weighted by atomic mass is 10.4. The fraction of sp³-hybridized carbons (Fsp3) is 0.600. The van der Waals surface area contributed by atoms with E-state index in [0.29, 0.717) is 11.2 Å². The monoisotopic (exact) mass is 272 g/mol. The van der Waals surface area contributed by atoms with Crippen LogP contribution in [0.4, 0.5) is 0 Å². The van der Waals surface area contributed by atoms with Crippen LogP contribution in [0.25, 0.3) is 0 Å². The molecule has 1 fully saturated rings. The molecule has 1 aromatic heterocycles. The van der Waals surface area contributed by atoms with Gasteiger partial charge >= 0.3 is 0 Å². The smallest absolute Gasteiger partial charge is 0.134 e. The van der Waals surface area contributed by atoms with Gasteiger partial charge in [0.05, 0.1) is 0 Å². The molecule has 1 aliphatic rings. The second-order valence-electron chi connectivity index (χ2n) is 3.83. The third-order valence-corrected chi connectivity index (χ3v) is 3.32. The fourth-order valence-corrected chi connectivity index (χ4v) is 2.60. The van der Waals surface area contributed by atoms with Gasteiger partial charge in [-0.25, -0.2) is 9.97 Å². The van der Waals surface area contributed by atoms with E-state index >= 15 is 0 Å². The summed E-state index contributed by atoms with van der Waals surface area (Å²) < 4.78 is 0.914. The van der Waals surface area contributed by atoms with Crippen LogP contribution in [0, 0.1) is 0 Å². The van der Waals surface area contributed by atoms with Gasteiger partial charge < -0.3 is 0 Å². The largest absolute Gasteiger partial charge is 0.226 e. The highest BCUT2D eigenvalue weighted by Crippen LogP contribution is 2.39. The number of halogens is 1. The van der Waals surface area contributed by atoms with E-state index in [-0.39, 0.29) is 0 Å². The molecule has 1 saturated carbocycles. The van der Waals surface area contributed by atoms with E-state index < -0.39 is 0 Å². The average molecular weight is 273 g/mol. The van der Waals surface area contributed by atoms with Crippen LogP contribution in [0.5, 0.6) is 0 Å². The third kappa shape index (κ3) is 2.70. The molecule has 0 N–H and O–H groups in total. The van der Waals surface area contributed by atoms with E-state index in [1.165, 1.54) is 12.8 Å². The summed E-state index contributed by atoms with van der Waals surface area (Å²) in [5.74, 6) is 1.64. The normalized spacial score (nSPS) is 16.3. The summed E-state index contributed by atoms with van der Waals surface area (Å²) in [6, 6.07) is 2.00. The van der Waals surface area contributed by atoms with Crippen molar-refractivity contribution in [1.29, 1.82) is 0 Å². The van der Waals surface area contributed by atoms with Gasteiger partial charge in [0.2, 0.25) is 0 Å². The lowest BCUT2D eigenvalue weighted by Gasteiger charge is -2.06. The number of rotatable bonds is 3. The van der Waals surface area contributed by atoms with Crippen LogP contribution in [-0.4, -0.2) is 15.2 Å². The van der Waals surface area contributed by atoms with Gasteiger partial charge in [0.1, 0.15) is 15.5 Å². The Morgan fingerprint density at radius 1 is 1.43 bits per heavy atom. The van der Waals surface area contributed by atoms with E-state index in [0.717, 1.165) is 15.5 Å². The summed E-state index contributed by atoms with van der Waals surface area (Å²) >= 11 is 5.23. The Labute approximate surface area is 97.0 Å². The van der Waals surface area contributed by atoms with Gasteiger partial charge in [-0.2, -0.15) is 0 Å². The lowest BCUT2D eigenvalue weighted by Crippen LogP contribution is -1.96. The summed E-state index contributed by atoms with van der Waals surface area (Å²) in [4.78, 5) is 8.95. The summed E-state index contributed by atoms with van der Waals surface area (Å²) in [5.41, 5.74) is 0. The Kier molecular flexibility index (Phi) is 3.12. The SMILES string of the molecule is CC(C)Sc1cc(Br)nc(C2CC2)n1. The van der Waals surface area contributed by atoms with Crippen molar-refractivity contribution in [3.05, 3.63) is 16.5 Å². The molecule has 1 aliphatic carbocycles. The molecule has 0 saturated heterocycles. The Bertz CT molecular complexity index is 337. The van der Waals surface area contributed by atoms with Crippen LogP contribution in [0.3, 0.4) is 0 Å². The molecule has 0 aromatic carbocycles. The highest BCUT2D eigenvalue weighted by molar-refractivity contribution is 9.10. The Morgan fingerprint density at radius 3 is 2.71 bits per heavy atom. The number of hydrogen-bond donors (Lipinski definition) is 0. The molecular formula is C10H13BrN2S. The molecule has 1 aromatic rings. The maximum Gasteiger partial charge on any atom is 0.134 e. The molecule has 1 heterocycles. The van der Waals surface area contributed by atoms with E-state index in [1.54, 1.807) is 11.8 Å². The Balaban J connectivity index is 2.22. The highest BCUT2D eigenvalue weighted by Gasteiger charge is 2.27. The van der Waals surface area contributed by atoms with Gasteiger partial charge in [-0.15, -0.1) is 11.8 Å². The summed E-state index contributed by atoms with van der Waals surface area (Å²) in [6.45, 7) is 4.36. The number of aromatic nitrogens is 2. The van der Waals surface area contributed by atoms with Gasteiger partial charge in [-0.3, -0.25) is 0 Å². The van der Waals surface area contributed by atoms with Crippen LogP contribution in [-0.2, 0) is 0 Å². The minimum absolute atomic E-state index is 0.573. The second-order valence-corrected chi connectivity index (χ2v) is 6.24. The first-order valence-corrected chi connectivity index (χ1v) is 6.53. The van der Waals surface area contributed by atoms with Crippen molar-refractivity contribution in [1.82, 2.24) is 9.97 Å². The fourth-order valence-electron chi connectivity index (χ4n) is 1.24. The maximum absolute atomic E-state index is 4.56. The molecule has 0 unspecified atom stereocenters. The van der Waals surface area contributed by atoms with Crippen LogP contribution in [0.1, 0.15) is 38.4 Å². The number of thioether (sulfide) groups is 1. The predicted octanol–water partition coefficient (Wildman–Crippen LogP) is 3.62. The van der Waals surface area contributed by atoms with Crippen molar-refractivity contribution in [2.45, 2.75) is 42.9 Å². The molecule has 0 bridgehead atoms. The van der Waals surface area contributed by atoms with E-state index in [1.807, 2.05) is 6.07 Å². The molecular weight excluding hydrogens is 260 g/mol. The molecule has 0 spiro atoms. The predicted molar refractivity (Wildman–Crippen MR) is 62.7 cm³/mol. The second kappa shape index (κ2) is 4.19. The minimum Gasteiger partial charge on any atom is -0.226 e. The molecule has 0 atom stereocenters. The molecule has 14 heavy (non-hydrogen) atoms. The zero-order valence-corrected chi connectivity index (χ0v) is 10.7. The topological polar surface area (TPSA) is 25.8 Å². The standard InChI is InChI=1S/C10H13BrN2S/c1-6(2)14-9-5-8(11)12-10(13-9)7-3-4-7/h5-7H,3-4H2,1-2H3. The van der Waals surface area contributed by atoms with Crippen LogP contribution in [0.15, 0.2) is 15.7 Å². The van der Waals surface area contributed by atoms with E-state index in [2.05, 4.69) is 39.7 Å². The van der Waals surface area contributed by atoms with Crippen LogP contribution in [0.2, 0.25) is 0 Å². The number of hydrogen-bond acceptors (Lipinski definition) is 3. The van der Waals surface area contributed by atoms with Crippen molar-refractivity contribution in [3.8, 4) is 0 Å². The quantitative estimate of drug-likeness (QED) is 0.621. The zero-order valence-electron chi connectivity index (χ0n) is 8.33. The number of nitrogens with zero attached hydrogens (tertiary/aromatic N) is 2. The Morgan fingerprint density at radius 2 is 2.14 bits per heavy atom. The van der Waals surface area contributed by atoms with Gasteiger partial charge in [-0.1, -0.05) is 13.8 Å². The maximum atomic E-state index is 4.56. The van der Waals surface area contributed by atoms with Crippen LogP contribution >= 0.6 is 27.7 Å². The van der Waals surface area contributed by atoms with Gasteiger partial charge in [-0.05, 0) is 28.8 Å². The van der Waals surface area contributed by atoms with Crippen LogP contribution < -0.4 is 0 Å². The molecule has 2 rings (SSSR count). The summed E-state index contributed by atoms with van der Waals surface area (Å²) in [7, 11) is 0. The van der Waals surface area contributed by atoms with E-state index in [9.17, 15) is 0 Å². The first kappa shape index (κ1) is 10.4. The molecule has 2 nitrogen and oxygen atoms in total. The van der Waals surface area contributed by atoms with Crippen molar-refractivity contribution in [2.24, 2.45) is 0 Å². The van der Waals surface area contributed by atoms with Crippen molar-refractivity contribution in [2.75, 3.05) is 0 Å². The lowest BCUT2D eigenvalue weighted by molar-refractivity contribution is 0.864. The van der Waals surface area contributed by atoms with Crippen molar-refractivity contribution < 1.29 is 0 Å². The summed E-state index contributed by atoms with van der Waals surface area (Å²) in [6.07, 6.45) is 2.50. The van der Waals surface area contributed by atoms with Gasteiger partial charge in [0.15, 0.2) is 0 Å². The zero-order chi connectivity index (χ0) is 10.1. The Hall–Kier alpha value is -0.0900. The van der Waals surface area contributed by atoms with Crippen molar-refractivity contribution >= 4 is 27.7 Å².